The van der Waals surface area contributed by atoms with Gasteiger partial charge in [0.1, 0.15) is 0 Å². The lowest BCUT2D eigenvalue weighted by Crippen LogP contribution is -2.40. The van der Waals surface area contributed by atoms with Gasteiger partial charge in [-0.25, -0.2) is 8.78 Å². The highest BCUT2D eigenvalue weighted by atomic mass is 19.3. The van der Waals surface area contributed by atoms with Gasteiger partial charge in [0.05, 0.1) is 6.04 Å². The molecule has 0 saturated heterocycles. The van der Waals surface area contributed by atoms with Gasteiger partial charge >= 0.3 is 0 Å². The fourth-order valence-electron chi connectivity index (χ4n) is 1.47. The van der Waals surface area contributed by atoms with Crippen LogP contribution in [0.4, 0.5) is 8.78 Å². The van der Waals surface area contributed by atoms with Crippen molar-refractivity contribution in [3.63, 3.8) is 0 Å². The SMILES string of the molecule is CC(F)(F)C(N)C1=CCCCC1. The molecule has 0 aliphatic heterocycles. The minimum absolute atomic E-state index is 0.730. The molecule has 2 N–H and O–H groups in total. The summed E-state index contributed by atoms with van der Waals surface area (Å²) in [7, 11) is 0. The molecular formula is C9H15F2N. The molecule has 0 saturated carbocycles. The van der Waals surface area contributed by atoms with Crippen molar-refractivity contribution >= 4 is 0 Å². The first-order valence-corrected chi connectivity index (χ1v) is 4.34. The van der Waals surface area contributed by atoms with E-state index in [0.29, 0.717) is 0 Å². The van der Waals surface area contributed by atoms with Crippen molar-refractivity contribution in [2.75, 3.05) is 0 Å². The highest BCUT2D eigenvalue weighted by Gasteiger charge is 2.33. The van der Waals surface area contributed by atoms with E-state index >= 15 is 0 Å². The van der Waals surface area contributed by atoms with E-state index in [4.69, 9.17) is 5.73 Å². The summed E-state index contributed by atoms with van der Waals surface area (Å²) in [4.78, 5) is 0. The summed E-state index contributed by atoms with van der Waals surface area (Å²) < 4.78 is 25.5. The van der Waals surface area contributed by atoms with E-state index in [-0.39, 0.29) is 0 Å². The maximum absolute atomic E-state index is 12.7. The molecule has 1 aliphatic rings. The Morgan fingerprint density at radius 3 is 2.58 bits per heavy atom. The third-order valence-electron chi connectivity index (χ3n) is 2.27. The summed E-state index contributed by atoms with van der Waals surface area (Å²) in [6.45, 7) is 0.882. The number of alkyl halides is 2. The van der Waals surface area contributed by atoms with Gasteiger partial charge in [0.25, 0.3) is 5.92 Å². The van der Waals surface area contributed by atoms with Gasteiger partial charge in [-0.1, -0.05) is 11.6 Å². The molecule has 3 heteroatoms. The van der Waals surface area contributed by atoms with Crippen LogP contribution in [-0.2, 0) is 0 Å². The van der Waals surface area contributed by atoms with Crippen molar-refractivity contribution in [1.29, 1.82) is 0 Å². The summed E-state index contributed by atoms with van der Waals surface area (Å²) in [6.07, 6.45) is 5.61. The molecule has 0 fully saturated rings. The topological polar surface area (TPSA) is 26.0 Å². The number of hydrogen-bond acceptors (Lipinski definition) is 1. The number of rotatable bonds is 2. The molecule has 0 aromatic carbocycles. The molecule has 0 spiro atoms. The second-order valence-corrected chi connectivity index (χ2v) is 3.46. The number of nitrogens with two attached hydrogens (primary N) is 1. The Balaban J connectivity index is 2.62. The fraction of sp³-hybridized carbons (Fsp3) is 0.778. The van der Waals surface area contributed by atoms with Crippen LogP contribution in [-0.4, -0.2) is 12.0 Å². The molecule has 0 aromatic rings. The zero-order valence-corrected chi connectivity index (χ0v) is 7.32. The summed E-state index contributed by atoms with van der Waals surface area (Å²) in [6, 6.07) is -1.07. The van der Waals surface area contributed by atoms with Crippen LogP contribution in [0.15, 0.2) is 11.6 Å². The summed E-state index contributed by atoms with van der Waals surface area (Å²) in [5, 5.41) is 0. The number of halogens is 2. The quantitative estimate of drug-likeness (QED) is 0.641. The van der Waals surface area contributed by atoms with E-state index < -0.39 is 12.0 Å². The van der Waals surface area contributed by atoms with Crippen molar-refractivity contribution in [1.82, 2.24) is 0 Å². The maximum atomic E-state index is 12.7. The lowest BCUT2D eigenvalue weighted by atomic mass is 9.92. The minimum atomic E-state index is -2.77. The van der Waals surface area contributed by atoms with Crippen LogP contribution in [0.2, 0.25) is 0 Å². The van der Waals surface area contributed by atoms with Crippen LogP contribution in [0.3, 0.4) is 0 Å². The second kappa shape index (κ2) is 3.52. The predicted molar refractivity (Wildman–Crippen MR) is 45.1 cm³/mol. The minimum Gasteiger partial charge on any atom is -0.319 e. The van der Waals surface area contributed by atoms with Crippen molar-refractivity contribution in [2.45, 2.75) is 44.6 Å². The van der Waals surface area contributed by atoms with Crippen molar-refractivity contribution in [3.8, 4) is 0 Å². The molecule has 0 heterocycles. The first-order valence-electron chi connectivity index (χ1n) is 4.34. The zero-order valence-electron chi connectivity index (χ0n) is 7.32. The van der Waals surface area contributed by atoms with Crippen LogP contribution < -0.4 is 5.73 Å². The molecule has 70 valence electrons. The van der Waals surface area contributed by atoms with E-state index in [1.165, 1.54) is 0 Å². The van der Waals surface area contributed by atoms with Gasteiger partial charge in [0.15, 0.2) is 0 Å². The van der Waals surface area contributed by atoms with Gasteiger partial charge in [0.2, 0.25) is 0 Å². The monoisotopic (exact) mass is 175 g/mol. The molecule has 12 heavy (non-hydrogen) atoms. The molecule has 0 radical (unpaired) electrons. The van der Waals surface area contributed by atoms with Gasteiger partial charge in [-0.3, -0.25) is 0 Å². The van der Waals surface area contributed by atoms with Crippen LogP contribution in [0.1, 0.15) is 32.6 Å². The molecule has 0 bridgehead atoms. The van der Waals surface area contributed by atoms with Gasteiger partial charge < -0.3 is 5.73 Å². The number of hydrogen-bond donors (Lipinski definition) is 1. The van der Waals surface area contributed by atoms with Crippen LogP contribution in [0, 0.1) is 0 Å². The zero-order chi connectivity index (χ0) is 9.19. The third kappa shape index (κ3) is 2.27. The first-order chi connectivity index (χ1) is 5.52. The Kier molecular flexibility index (Phi) is 2.83. The van der Waals surface area contributed by atoms with E-state index in [2.05, 4.69) is 0 Å². The molecular weight excluding hydrogens is 160 g/mol. The molecule has 1 unspecified atom stereocenters. The fourth-order valence-corrected chi connectivity index (χ4v) is 1.47. The molecule has 1 aliphatic carbocycles. The Labute approximate surface area is 71.6 Å². The van der Waals surface area contributed by atoms with Gasteiger partial charge in [-0.2, -0.15) is 0 Å². The summed E-state index contributed by atoms with van der Waals surface area (Å²) in [5.74, 6) is -2.77. The first kappa shape index (κ1) is 9.65. The highest BCUT2D eigenvalue weighted by molar-refractivity contribution is 5.15. The van der Waals surface area contributed by atoms with Crippen LogP contribution in [0.5, 0.6) is 0 Å². The van der Waals surface area contributed by atoms with Crippen molar-refractivity contribution in [3.05, 3.63) is 11.6 Å². The van der Waals surface area contributed by atoms with Crippen LogP contribution >= 0.6 is 0 Å². The molecule has 0 aromatic heterocycles. The van der Waals surface area contributed by atoms with E-state index in [9.17, 15) is 8.78 Å². The second-order valence-electron chi connectivity index (χ2n) is 3.46. The Morgan fingerprint density at radius 1 is 1.50 bits per heavy atom. The Hall–Kier alpha value is -0.440. The normalized spacial score (nSPS) is 21.8. The average Bonchev–Trinajstić information content (AvgIpc) is 2.03. The Morgan fingerprint density at radius 2 is 2.17 bits per heavy atom. The van der Waals surface area contributed by atoms with E-state index in [0.717, 1.165) is 38.2 Å². The predicted octanol–water partition coefficient (Wildman–Crippen LogP) is 2.47. The highest BCUT2D eigenvalue weighted by Crippen LogP contribution is 2.27. The van der Waals surface area contributed by atoms with Gasteiger partial charge in [0, 0.05) is 6.92 Å². The van der Waals surface area contributed by atoms with Gasteiger partial charge in [-0.15, -0.1) is 0 Å². The molecule has 1 nitrogen and oxygen atoms in total. The average molecular weight is 175 g/mol. The largest absolute Gasteiger partial charge is 0.319 e. The van der Waals surface area contributed by atoms with E-state index in [1.807, 2.05) is 6.08 Å². The smallest absolute Gasteiger partial charge is 0.263 e. The van der Waals surface area contributed by atoms with Crippen molar-refractivity contribution in [2.24, 2.45) is 5.73 Å². The lowest BCUT2D eigenvalue weighted by Gasteiger charge is -2.24. The van der Waals surface area contributed by atoms with Crippen molar-refractivity contribution < 1.29 is 8.78 Å². The van der Waals surface area contributed by atoms with E-state index in [1.54, 1.807) is 0 Å². The lowest BCUT2D eigenvalue weighted by molar-refractivity contribution is 0.00456. The standard InChI is InChI=1S/C9H15F2N/c1-9(10,11)8(12)7-5-3-2-4-6-7/h5,8H,2-4,6,12H2,1H3. The summed E-state index contributed by atoms with van der Waals surface area (Å²) >= 11 is 0. The molecule has 1 atom stereocenters. The van der Waals surface area contributed by atoms with Gasteiger partial charge in [-0.05, 0) is 25.7 Å². The summed E-state index contributed by atoms with van der Waals surface area (Å²) in [5.41, 5.74) is 6.14. The molecule has 0 amide bonds. The number of allylic oxidation sites excluding steroid dienone is 1. The maximum Gasteiger partial charge on any atom is 0.263 e. The van der Waals surface area contributed by atoms with Crippen LogP contribution in [0.25, 0.3) is 0 Å². The Bertz CT molecular complexity index is 181. The third-order valence-corrected chi connectivity index (χ3v) is 2.27. The molecule has 1 rings (SSSR count).